The van der Waals surface area contributed by atoms with E-state index in [4.69, 9.17) is 11.5 Å². The van der Waals surface area contributed by atoms with Gasteiger partial charge < -0.3 is 16.0 Å². The van der Waals surface area contributed by atoms with E-state index >= 15 is 0 Å². The summed E-state index contributed by atoms with van der Waals surface area (Å²) in [5.74, 6) is 0. The lowest BCUT2D eigenvalue weighted by atomic mass is 10.2. The lowest BCUT2D eigenvalue weighted by Crippen LogP contribution is -2.23. The van der Waals surface area contributed by atoms with E-state index in [1.54, 1.807) is 12.5 Å². The second kappa shape index (κ2) is 3.50. The van der Waals surface area contributed by atoms with Crippen LogP contribution >= 0.6 is 0 Å². The van der Waals surface area contributed by atoms with Crippen molar-refractivity contribution in [1.82, 2.24) is 9.55 Å². The maximum atomic E-state index is 5.73. The van der Waals surface area contributed by atoms with Gasteiger partial charge in [-0.2, -0.15) is 0 Å². The summed E-state index contributed by atoms with van der Waals surface area (Å²) in [7, 11) is 0. The Labute approximate surface area is 66.2 Å². The average Bonchev–Trinajstić information content (AvgIpc) is 2.50. The molecule has 4 nitrogen and oxygen atoms in total. The predicted octanol–water partition coefficient (Wildman–Crippen LogP) is -0.138. The minimum Gasteiger partial charge on any atom is -0.333 e. The quantitative estimate of drug-likeness (QED) is 0.636. The minimum atomic E-state index is -0.0857. The lowest BCUT2D eigenvalue weighted by molar-refractivity contribution is 0.629. The zero-order valence-corrected chi connectivity index (χ0v) is 6.70. The summed E-state index contributed by atoms with van der Waals surface area (Å²) in [5.41, 5.74) is 12.2. The number of hydrogen-bond donors (Lipinski definition) is 2. The first kappa shape index (κ1) is 8.23. The molecular weight excluding hydrogens is 140 g/mol. The van der Waals surface area contributed by atoms with E-state index in [0.29, 0.717) is 6.54 Å². The van der Waals surface area contributed by atoms with Gasteiger partial charge in [0.2, 0.25) is 0 Å². The third kappa shape index (κ3) is 1.58. The van der Waals surface area contributed by atoms with Crippen LogP contribution in [-0.4, -0.2) is 16.1 Å². The molecule has 1 heterocycles. The molecule has 0 aliphatic carbocycles. The van der Waals surface area contributed by atoms with Gasteiger partial charge in [-0.1, -0.05) is 0 Å². The molecule has 1 aromatic rings. The maximum absolute atomic E-state index is 5.73. The molecule has 0 aromatic carbocycles. The molecule has 62 valence electrons. The molecule has 4 heteroatoms. The van der Waals surface area contributed by atoms with Crippen molar-refractivity contribution in [2.24, 2.45) is 11.5 Å². The molecule has 0 spiro atoms. The second-order valence-corrected chi connectivity index (χ2v) is 2.45. The van der Waals surface area contributed by atoms with Crippen molar-refractivity contribution < 1.29 is 0 Å². The van der Waals surface area contributed by atoms with Crippen molar-refractivity contribution in [1.29, 1.82) is 0 Å². The highest BCUT2D eigenvalue weighted by Gasteiger charge is 2.07. The number of aromatic nitrogens is 2. The molecule has 0 aliphatic rings. The van der Waals surface area contributed by atoms with E-state index in [1.165, 1.54) is 0 Å². The van der Waals surface area contributed by atoms with Crippen molar-refractivity contribution in [3.8, 4) is 0 Å². The molecule has 1 aromatic heterocycles. The molecule has 1 rings (SSSR count). The number of hydrogen-bond acceptors (Lipinski definition) is 3. The number of nitrogens with zero attached hydrogens (tertiary/aromatic N) is 2. The summed E-state index contributed by atoms with van der Waals surface area (Å²) in [5, 5.41) is 0. The molecule has 0 bridgehead atoms. The Morgan fingerprint density at radius 2 is 2.45 bits per heavy atom. The van der Waals surface area contributed by atoms with E-state index in [1.807, 2.05) is 4.57 Å². The third-order valence-electron chi connectivity index (χ3n) is 1.72. The molecule has 11 heavy (non-hydrogen) atoms. The van der Waals surface area contributed by atoms with Crippen LogP contribution in [0.25, 0.3) is 0 Å². The molecule has 0 saturated carbocycles. The summed E-state index contributed by atoms with van der Waals surface area (Å²) >= 11 is 0. The van der Waals surface area contributed by atoms with Crippen LogP contribution < -0.4 is 11.5 Å². The van der Waals surface area contributed by atoms with Crippen LogP contribution in [0.3, 0.4) is 0 Å². The van der Waals surface area contributed by atoms with Crippen LogP contribution in [0.5, 0.6) is 0 Å². The van der Waals surface area contributed by atoms with Gasteiger partial charge in [-0.15, -0.1) is 0 Å². The van der Waals surface area contributed by atoms with Gasteiger partial charge in [0.1, 0.15) is 0 Å². The fraction of sp³-hybridized carbons (Fsp3) is 0.571. The third-order valence-corrected chi connectivity index (χ3v) is 1.72. The zero-order chi connectivity index (χ0) is 8.27. The van der Waals surface area contributed by atoms with Gasteiger partial charge in [0.05, 0.1) is 18.1 Å². The summed E-state index contributed by atoms with van der Waals surface area (Å²) in [6.45, 7) is 3.41. The molecule has 0 aliphatic heterocycles. The van der Waals surface area contributed by atoms with Gasteiger partial charge in [0.25, 0.3) is 0 Å². The first-order valence-corrected chi connectivity index (χ1v) is 3.75. The van der Waals surface area contributed by atoms with Crippen molar-refractivity contribution in [2.75, 3.05) is 6.54 Å². The monoisotopic (exact) mass is 154 g/mol. The van der Waals surface area contributed by atoms with Gasteiger partial charge >= 0.3 is 0 Å². The Morgan fingerprint density at radius 3 is 3.00 bits per heavy atom. The minimum absolute atomic E-state index is 0.0857. The van der Waals surface area contributed by atoms with Gasteiger partial charge in [0, 0.05) is 19.3 Å². The number of imidazole rings is 1. The topological polar surface area (TPSA) is 69.9 Å². The summed E-state index contributed by atoms with van der Waals surface area (Å²) < 4.78 is 2.00. The molecule has 4 N–H and O–H groups in total. The first-order chi connectivity index (χ1) is 5.29. The van der Waals surface area contributed by atoms with E-state index in [2.05, 4.69) is 11.9 Å². The lowest BCUT2D eigenvalue weighted by Gasteiger charge is -2.10. The second-order valence-electron chi connectivity index (χ2n) is 2.45. The van der Waals surface area contributed by atoms with Crippen molar-refractivity contribution >= 4 is 0 Å². The van der Waals surface area contributed by atoms with Crippen LogP contribution in [0, 0.1) is 0 Å². The first-order valence-electron chi connectivity index (χ1n) is 3.75. The van der Waals surface area contributed by atoms with Crippen molar-refractivity contribution in [3.05, 3.63) is 18.2 Å². The molecule has 0 radical (unpaired) electrons. The molecule has 1 atom stereocenters. The smallest absolute Gasteiger partial charge is 0.0948 e. The van der Waals surface area contributed by atoms with Gasteiger partial charge in [0.15, 0.2) is 0 Å². The SMILES string of the molecule is CCn1cncc1C(N)CN. The average molecular weight is 154 g/mol. The van der Waals surface area contributed by atoms with Crippen LogP contribution in [0.2, 0.25) is 0 Å². The highest BCUT2D eigenvalue weighted by molar-refractivity contribution is 5.04. The highest BCUT2D eigenvalue weighted by Crippen LogP contribution is 2.07. The van der Waals surface area contributed by atoms with E-state index < -0.39 is 0 Å². The molecule has 0 amide bonds. The Balaban J connectivity index is 2.83. The fourth-order valence-electron chi connectivity index (χ4n) is 1.02. The largest absolute Gasteiger partial charge is 0.333 e. The molecule has 1 unspecified atom stereocenters. The summed E-state index contributed by atoms with van der Waals surface area (Å²) in [6.07, 6.45) is 3.53. The van der Waals surface area contributed by atoms with Gasteiger partial charge in [-0.25, -0.2) is 4.98 Å². The molecule has 0 saturated heterocycles. The van der Waals surface area contributed by atoms with Crippen LogP contribution in [0.4, 0.5) is 0 Å². The summed E-state index contributed by atoms with van der Waals surface area (Å²) in [4.78, 5) is 3.99. The van der Waals surface area contributed by atoms with Crippen LogP contribution in [-0.2, 0) is 6.54 Å². The Hall–Kier alpha value is -0.870. The normalized spacial score (nSPS) is 13.4. The van der Waals surface area contributed by atoms with E-state index in [0.717, 1.165) is 12.2 Å². The van der Waals surface area contributed by atoms with Gasteiger partial charge in [-0.05, 0) is 6.92 Å². The zero-order valence-electron chi connectivity index (χ0n) is 6.70. The maximum Gasteiger partial charge on any atom is 0.0948 e. The fourth-order valence-corrected chi connectivity index (χ4v) is 1.02. The Bertz CT molecular complexity index is 218. The van der Waals surface area contributed by atoms with Crippen molar-refractivity contribution in [2.45, 2.75) is 19.5 Å². The predicted molar refractivity (Wildman–Crippen MR) is 43.9 cm³/mol. The number of aryl methyl sites for hydroxylation is 1. The van der Waals surface area contributed by atoms with E-state index in [9.17, 15) is 0 Å². The Morgan fingerprint density at radius 1 is 1.73 bits per heavy atom. The van der Waals surface area contributed by atoms with Crippen molar-refractivity contribution in [3.63, 3.8) is 0 Å². The number of rotatable bonds is 3. The van der Waals surface area contributed by atoms with E-state index in [-0.39, 0.29) is 6.04 Å². The number of nitrogens with two attached hydrogens (primary N) is 2. The Kier molecular flexibility index (Phi) is 2.62. The van der Waals surface area contributed by atoms with Crippen LogP contribution in [0.15, 0.2) is 12.5 Å². The standard InChI is InChI=1S/C7H14N4/c1-2-11-5-10-4-7(11)6(9)3-8/h4-6H,2-3,8-9H2,1H3. The molecule has 0 fully saturated rings. The molecular formula is C7H14N4. The van der Waals surface area contributed by atoms with Crippen LogP contribution in [0.1, 0.15) is 18.7 Å². The summed E-state index contributed by atoms with van der Waals surface area (Å²) in [6, 6.07) is -0.0857. The van der Waals surface area contributed by atoms with Gasteiger partial charge in [-0.3, -0.25) is 0 Å². The highest BCUT2D eigenvalue weighted by atomic mass is 15.1.